The van der Waals surface area contributed by atoms with Crippen LogP contribution >= 0.6 is 0 Å². The summed E-state index contributed by atoms with van der Waals surface area (Å²) < 4.78 is 5.78. The lowest BCUT2D eigenvalue weighted by Gasteiger charge is -2.33. The van der Waals surface area contributed by atoms with E-state index in [1.807, 2.05) is 41.4 Å². The van der Waals surface area contributed by atoms with Gasteiger partial charge in [-0.25, -0.2) is 10.4 Å². The molecule has 2 aromatic rings. The van der Waals surface area contributed by atoms with Crippen LogP contribution in [0.1, 0.15) is 30.9 Å². The van der Waals surface area contributed by atoms with E-state index >= 15 is 0 Å². The van der Waals surface area contributed by atoms with Gasteiger partial charge in [-0.2, -0.15) is 0 Å². The number of amides is 1. The van der Waals surface area contributed by atoms with Gasteiger partial charge in [0.15, 0.2) is 0 Å². The minimum Gasteiger partial charge on any atom is -0.437 e. The Bertz CT molecular complexity index is 741. The zero-order valence-corrected chi connectivity index (χ0v) is 14.6. The van der Waals surface area contributed by atoms with Crippen molar-refractivity contribution in [3.05, 3.63) is 48.4 Å². The van der Waals surface area contributed by atoms with Crippen LogP contribution in [-0.2, 0) is 4.79 Å². The third-order valence-electron chi connectivity index (χ3n) is 4.95. The van der Waals surface area contributed by atoms with E-state index in [4.69, 9.17) is 4.74 Å². The van der Waals surface area contributed by atoms with Gasteiger partial charge < -0.3 is 9.64 Å². The van der Waals surface area contributed by atoms with Gasteiger partial charge in [-0.05, 0) is 31.4 Å². The van der Waals surface area contributed by atoms with Crippen molar-refractivity contribution in [1.29, 1.82) is 0 Å². The highest BCUT2D eigenvalue weighted by molar-refractivity contribution is 5.82. The zero-order valence-electron chi connectivity index (χ0n) is 14.6. The fraction of sp³-hybridized carbons (Fsp3) is 0.421. The third-order valence-corrected chi connectivity index (χ3v) is 4.95. The van der Waals surface area contributed by atoms with E-state index < -0.39 is 0 Å². The topological polar surface area (TPSA) is 79.4 Å². The highest BCUT2D eigenvalue weighted by Crippen LogP contribution is 2.28. The van der Waals surface area contributed by atoms with E-state index in [0.717, 1.165) is 50.3 Å². The monoisotopic (exact) mass is 353 g/mol. The predicted octanol–water partition coefficient (Wildman–Crippen LogP) is 1.84. The maximum Gasteiger partial charge on any atom is 0.241 e. The molecular weight excluding hydrogens is 330 g/mol. The van der Waals surface area contributed by atoms with Crippen molar-refractivity contribution in [2.75, 3.05) is 19.6 Å². The fourth-order valence-corrected chi connectivity index (χ4v) is 3.50. The molecule has 0 spiro atoms. The molecule has 0 aliphatic carbocycles. The first-order chi connectivity index (χ1) is 12.8. The lowest BCUT2D eigenvalue weighted by molar-refractivity contribution is -0.134. The van der Waals surface area contributed by atoms with E-state index in [9.17, 15) is 4.79 Å². The van der Waals surface area contributed by atoms with E-state index in [1.165, 1.54) is 0 Å². The number of carbonyl (C=O) groups is 1. The number of aromatic nitrogens is 2. The van der Waals surface area contributed by atoms with E-state index in [0.29, 0.717) is 11.8 Å². The molecule has 7 nitrogen and oxygen atoms in total. The van der Waals surface area contributed by atoms with Gasteiger partial charge in [0.05, 0.1) is 11.9 Å². The summed E-state index contributed by atoms with van der Waals surface area (Å²) >= 11 is 0. The molecule has 26 heavy (non-hydrogen) atoms. The van der Waals surface area contributed by atoms with Crippen LogP contribution in [0, 0.1) is 0 Å². The molecule has 1 unspecified atom stereocenters. The van der Waals surface area contributed by atoms with Crippen LogP contribution in [-0.4, -0.2) is 46.5 Å². The van der Waals surface area contributed by atoms with Gasteiger partial charge in [-0.1, -0.05) is 18.2 Å². The van der Waals surface area contributed by atoms with Crippen molar-refractivity contribution in [1.82, 2.24) is 25.7 Å². The van der Waals surface area contributed by atoms with Crippen molar-refractivity contribution in [2.24, 2.45) is 0 Å². The molecule has 3 heterocycles. The van der Waals surface area contributed by atoms with Crippen molar-refractivity contribution >= 4 is 5.91 Å². The Morgan fingerprint density at radius 2 is 1.92 bits per heavy atom. The second-order valence-corrected chi connectivity index (χ2v) is 6.71. The molecule has 136 valence electrons. The average Bonchev–Trinajstić information content (AvgIpc) is 3.23. The average molecular weight is 353 g/mol. The van der Waals surface area contributed by atoms with Gasteiger partial charge in [-0.3, -0.25) is 15.2 Å². The minimum absolute atomic E-state index is 0.0889. The molecule has 2 aliphatic heterocycles. The first-order valence-electron chi connectivity index (χ1n) is 9.11. The number of ether oxygens (including phenoxy) is 1. The van der Waals surface area contributed by atoms with Crippen LogP contribution in [0.5, 0.6) is 11.6 Å². The first kappa shape index (κ1) is 16.9. The van der Waals surface area contributed by atoms with Crippen LogP contribution in [0.3, 0.4) is 0 Å². The number of hydrogen-bond donors (Lipinski definition) is 2. The lowest BCUT2D eigenvalue weighted by atomic mass is 9.93. The Morgan fingerprint density at radius 1 is 1.12 bits per heavy atom. The lowest BCUT2D eigenvalue weighted by Crippen LogP contribution is -2.48. The number of likely N-dealkylation sites (tertiary alicyclic amines) is 1. The molecule has 0 bridgehead atoms. The van der Waals surface area contributed by atoms with Crippen molar-refractivity contribution in [3.8, 4) is 11.6 Å². The van der Waals surface area contributed by atoms with Gasteiger partial charge in [-0.15, -0.1) is 0 Å². The molecule has 1 aromatic heterocycles. The van der Waals surface area contributed by atoms with Gasteiger partial charge >= 0.3 is 0 Å². The zero-order chi connectivity index (χ0) is 17.8. The highest BCUT2D eigenvalue weighted by atomic mass is 16.5. The molecule has 2 N–H and O–H groups in total. The summed E-state index contributed by atoms with van der Waals surface area (Å²) in [6.07, 6.45) is 6.09. The second kappa shape index (κ2) is 7.80. The number of para-hydroxylation sites is 1. The Kier molecular flexibility index (Phi) is 5.08. The van der Waals surface area contributed by atoms with E-state index in [1.54, 1.807) is 6.20 Å². The number of hydrazine groups is 1. The standard InChI is InChI=1S/C19H23N5O2/c25-19(16-6-9-21-23-16)24-10-7-14(8-11-24)17-12-20-13-18(22-17)26-15-4-2-1-3-5-15/h1-5,12-14,16,21,23H,6-11H2. The van der Waals surface area contributed by atoms with Crippen molar-refractivity contribution in [3.63, 3.8) is 0 Å². The van der Waals surface area contributed by atoms with Gasteiger partial charge in [0, 0.05) is 31.7 Å². The van der Waals surface area contributed by atoms with Crippen molar-refractivity contribution in [2.45, 2.75) is 31.2 Å². The second-order valence-electron chi connectivity index (χ2n) is 6.71. The van der Waals surface area contributed by atoms with E-state index in [-0.39, 0.29) is 11.9 Å². The molecule has 7 heteroatoms. The molecular formula is C19H23N5O2. The third kappa shape index (κ3) is 3.84. The molecule has 2 aliphatic rings. The maximum absolute atomic E-state index is 12.5. The Balaban J connectivity index is 1.37. The summed E-state index contributed by atoms with van der Waals surface area (Å²) in [6.45, 7) is 2.36. The quantitative estimate of drug-likeness (QED) is 0.873. The van der Waals surface area contributed by atoms with Gasteiger partial charge in [0.25, 0.3) is 0 Å². The normalized spacial score (nSPS) is 20.9. The van der Waals surface area contributed by atoms with Crippen molar-refractivity contribution < 1.29 is 9.53 Å². The summed E-state index contributed by atoms with van der Waals surface area (Å²) in [5.41, 5.74) is 7.01. The molecule has 1 amide bonds. The Morgan fingerprint density at radius 3 is 2.65 bits per heavy atom. The number of rotatable bonds is 4. The molecule has 0 saturated carbocycles. The molecule has 2 saturated heterocycles. The highest BCUT2D eigenvalue weighted by Gasteiger charge is 2.30. The van der Waals surface area contributed by atoms with Crippen LogP contribution in [0.4, 0.5) is 0 Å². The van der Waals surface area contributed by atoms with Crippen LogP contribution in [0.25, 0.3) is 0 Å². The number of benzene rings is 1. The molecule has 1 atom stereocenters. The molecule has 1 aromatic carbocycles. The number of hydrogen-bond acceptors (Lipinski definition) is 6. The van der Waals surface area contributed by atoms with Crippen LogP contribution < -0.4 is 15.6 Å². The van der Waals surface area contributed by atoms with Crippen LogP contribution in [0.2, 0.25) is 0 Å². The molecule has 2 fully saturated rings. The number of nitrogens with zero attached hydrogens (tertiary/aromatic N) is 3. The summed E-state index contributed by atoms with van der Waals surface area (Å²) in [5.74, 6) is 1.76. The Labute approximate surface area is 152 Å². The number of carbonyl (C=O) groups excluding carboxylic acids is 1. The smallest absolute Gasteiger partial charge is 0.241 e. The summed E-state index contributed by atoms with van der Waals surface area (Å²) in [5, 5.41) is 0. The number of nitrogens with one attached hydrogen (secondary N) is 2. The van der Waals surface area contributed by atoms with Gasteiger partial charge in [0.2, 0.25) is 11.8 Å². The fourth-order valence-electron chi connectivity index (χ4n) is 3.50. The SMILES string of the molecule is O=C(C1CCNN1)N1CCC(c2cncc(Oc3ccccc3)n2)CC1. The van der Waals surface area contributed by atoms with E-state index in [2.05, 4.69) is 20.8 Å². The largest absolute Gasteiger partial charge is 0.437 e. The summed E-state index contributed by atoms with van der Waals surface area (Å²) in [4.78, 5) is 23.3. The number of piperidine rings is 1. The summed E-state index contributed by atoms with van der Waals surface area (Å²) in [7, 11) is 0. The van der Waals surface area contributed by atoms with Gasteiger partial charge in [0.1, 0.15) is 11.8 Å². The molecule has 0 radical (unpaired) electrons. The van der Waals surface area contributed by atoms with Crippen LogP contribution in [0.15, 0.2) is 42.7 Å². The first-order valence-corrected chi connectivity index (χ1v) is 9.11. The Hall–Kier alpha value is -2.51. The molecule has 4 rings (SSSR count). The predicted molar refractivity (Wildman–Crippen MR) is 96.6 cm³/mol. The maximum atomic E-state index is 12.5. The summed E-state index contributed by atoms with van der Waals surface area (Å²) in [6, 6.07) is 9.49. The minimum atomic E-state index is -0.0889.